The van der Waals surface area contributed by atoms with Crippen molar-refractivity contribution in [2.24, 2.45) is 0 Å². The summed E-state index contributed by atoms with van der Waals surface area (Å²) in [6.07, 6.45) is 55.8. The highest BCUT2D eigenvalue weighted by Gasteiger charge is 2.33. The molecule has 0 aliphatic carbocycles. The van der Waals surface area contributed by atoms with Crippen molar-refractivity contribution >= 4 is 129 Å². The minimum atomic E-state index is 0.769. The van der Waals surface area contributed by atoms with Crippen molar-refractivity contribution < 1.29 is 9.47 Å². The Hall–Kier alpha value is -7.42. The molecule has 0 fully saturated rings. The summed E-state index contributed by atoms with van der Waals surface area (Å²) in [7, 11) is 0. The molecule has 0 unspecified atom stereocenters. The van der Waals surface area contributed by atoms with Crippen LogP contribution in [0.2, 0.25) is 0 Å². The van der Waals surface area contributed by atoms with E-state index in [-0.39, 0.29) is 0 Å². The fourth-order valence-electron chi connectivity index (χ4n) is 19.6. The van der Waals surface area contributed by atoms with E-state index in [1.165, 1.54) is 407 Å². The first-order chi connectivity index (χ1) is 51.6. The van der Waals surface area contributed by atoms with E-state index in [9.17, 15) is 0 Å². The largest absolute Gasteiger partial charge is 0.494 e. The molecule has 0 aliphatic rings. The highest BCUT2D eigenvalue weighted by atomic mass is 16.5. The minimum Gasteiger partial charge on any atom is -0.494 e. The predicted molar refractivity (Wildman–Crippen MR) is 460 cm³/mol. The van der Waals surface area contributed by atoms with E-state index in [0.29, 0.717) is 0 Å². The lowest BCUT2D eigenvalue weighted by Crippen LogP contribution is -2.02. The predicted octanol–water partition coefficient (Wildman–Crippen LogP) is 33.0. The Morgan fingerprint density at radius 2 is 0.394 bits per heavy atom. The quantitative estimate of drug-likeness (QED) is 0.0215. The molecule has 15 rings (SSSR count). The van der Waals surface area contributed by atoms with E-state index in [1.807, 2.05) is 0 Å². The summed E-state index contributed by atoms with van der Waals surface area (Å²) in [6.45, 7) is 10.8. The van der Waals surface area contributed by atoms with Gasteiger partial charge in [-0.1, -0.05) is 344 Å². The smallest absolute Gasteiger partial charge is 0.119 e. The van der Waals surface area contributed by atoms with Crippen LogP contribution in [0.1, 0.15) is 296 Å². The second-order valence-corrected chi connectivity index (χ2v) is 32.7. The SMILES string of the molecule is CCCCCCCCCCCCOc1ccc(-c2cc3c4cccc5c6cc(CCCCCCCCCCCC)cc7c8cc(CCCCCCCCCCCC)cc9c%10cccc%11c%12cc(-c%13ccc(OCCCCCCCCCCCC)cc%13)cc%13c(c2)c3c2c(c54)c(c67)c(c98)c(c%10%11)c2c%12%13)cc1. The van der Waals surface area contributed by atoms with Gasteiger partial charge in [0, 0.05) is 0 Å². The molecule has 0 atom stereocenters. The molecule has 0 saturated heterocycles. The third kappa shape index (κ3) is 15.1. The maximum Gasteiger partial charge on any atom is 0.119 e. The Balaban J connectivity index is 0.865. The van der Waals surface area contributed by atoms with Crippen LogP contribution in [0.25, 0.3) is 152 Å². The van der Waals surface area contributed by atoms with Gasteiger partial charge in [0.1, 0.15) is 11.5 Å². The van der Waals surface area contributed by atoms with Crippen LogP contribution in [0.15, 0.2) is 133 Å². The highest BCUT2D eigenvalue weighted by Crippen LogP contribution is 2.61. The monoisotopic (exact) mass is 1380 g/mol. The third-order valence-electron chi connectivity index (χ3n) is 25.1. The maximum absolute atomic E-state index is 6.53. The molecule has 2 nitrogen and oxygen atoms in total. The van der Waals surface area contributed by atoms with Crippen LogP contribution in [-0.2, 0) is 12.8 Å². The lowest BCUT2D eigenvalue weighted by Gasteiger charge is -2.30. The highest BCUT2D eigenvalue weighted by molar-refractivity contribution is 6.61. The Bertz CT molecular complexity index is 4820. The van der Waals surface area contributed by atoms with Crippen LogP contribution in [0.5, 0.6) is 11.5 Å². The van der Waals surface area contributed by atoms with Gasteiger partial charge in [0.25, 0.3) is 0 Å². The average Bonchev–Trinajstić information content (AvgIpc) is 0.643. The average molecular weight is 1380 g/mol. The number of rotatable bonds is 48. The Kier molecular flexibility index (Phi) is 24.2. The lowest BCUT2D eigenvalue weighted by atomic mass is 9.72. The second kappa shape index (κ2) is 34.9. The maximum atomic E-state index is 6.53. The van der Waals surface area contributed by atoms with Gasteiger partial charge in [-0.15, -0.1) is 0 Å². The standard InChI is InChI=1S/C102H122O2/c1-5-9-13-17-21-25-29-33-37-41-47-71-63-83-79-49-45-51-81-87-67-75(73-53-57-77(58-54-73)103-61-43-39-35-31-27-23-19-15-11-7-3)69-89-90-70-76(74-55-59-78(60-56-74)104-62-44-40-36-32-28-24-20-16-12-8-4)68-88-82-52-46-50-80-84-64-72(48-42-38-34-30-26-22-18-14-10-6-2)66-86-85(65-71)93(83)99-97(91(79)81)101(95(87)89)102(96(88)90)98(92(80)82)100(99)94(84)86/h45-46,49-60,63-70H,5-44,47-48,61-62H2,1-4H3. The summed E-state index contributed by atoms with van der Waals surface area (Å²) in [5, 5.41) is 34.4. The van der Waals surface area contributed by atoms with Gasteiger partial charge in [0.2, 0.25) is 0 Å². The summed E-state index contributed by atoms with van der Waals surface area (Å²) in [6, 6.07) is 54.3. The molecule has 0 saturated carbocycles. The number of hydrogen-bond acceptors (Lipinski definition) is 2. The van der Waals surface area contributed by atoms with Crippen LogP contribution >= 0.6 is 0 Å². The van der Waals surface area contributed by atoms with Gasteiger partial charge in [-0.2, -0.15) is 0 Å². The van der Waals surface area contributed by atoms with Crippen molar-refractivity contribution in [2.75, 3.05) is 13.2 Å². The molecule has 0 aromatic heterocycles. The summed E-state index contributed by atoms with van der Waals surface area (Å²) in [4.78, 5) is 0. The topological polar surface area (TPSA) is 18.5 Å². The van der Waals surface area contributed by atoms with Crippen LogP contribution in [0, 0.1) is 0 Å². The van der Waals surface area contributed by atoms with Gasteiger partial charge >= 0.3 is 0 Å². The third-order valence-corrected chi connectivity index (χ3v) is 25.1. The molecule has 0 spiro atoms. The Labute approximate surface area is 623 Å². The van der Waals surface area contributed by atoms with E-state index in [1.54, 1.807) is 0 Å². The van der Waals surface area contributed by atoms with Crippen molar-refractivity contribution in [1.29, 1.82) is 0 Å². The van der Waals surface area contributed by atoms with E-state index in [2.05, 4.69) is 161 Å². The second-order valence-electron chi connectivity index (χ2n) is 32.7. The number of hydrogen-bond donors (Lipinski definition) is 0. The number of benzene rings is 15. The van der Waals surface area contributed by atoms with E-state index < -0.39 is 0 Å². The van der Waals surface area contributed by atoms with Crippen LogP contribution < -0.4 is 9.47 Å². The van der Waals surface area contributed by atoms with E-state index in [4.69, 9.17) is 9.47 Å². The summed E-state index contributed by atoms with van der Waals surface area (Å²) in [5.74, 6) is 1.93. The molecule has 0 amide bonds. The van der Waals surface area contributed by atoms with E-state index in [0.717, 1.165) is 50.4 Å². The van der Waals surface area contributed by atoms with Gasteiger partial charge in [-0.25, -0.2) is 0 Å². The molecule has 15 aromatic rings. The molecule has 0 radical (unpaired) electrons. The minimum absolute atomic E-state index is 0.769. The molecule has 0 heterocycles. The first kappa shape index (κ1) is 72.2. The van der Waals surface area contributed by atoms with Crippen molar-refractivity contribution in [3.05, 3.63) is 145 Å². The molecule has 104 heavy (non-hydrogen) atoms. The molecule has 15 aromatic carbocycles. The van der Waals surface area contributed by atoms with Gasteiger partial charge in [0.15, 0.2) is 0 Å². The molecular formula is C102H122O2. The van der Waals surface area contributed by atoms with Crippen molar-refractivity contribution in [1.82, 2.24) is 0 Å². The molecule has 2 heteroatoms. The zero-order valence-electron chi connectivity index (χ0n) is 64.6. The summed E-state index contributed by atoms with van der Waals surface area (Å²) < 4.78 is 13.1. The van der Waals surface area contributed by atoms with Crippen LogP contribution in [0.3, 0.4) is 0 Å². The molecule has 0 aliphatic heterocycles. The number of aryl methyl sites for hydroxylation is 2. The van der Waals surface area contributed by atoms with Gasteiger partial charge in [-0.3, -0.25) is 0 Å². The molecule has 0 N–H and O–H groups in total. The first-order valence-corrected chi connectivity index (χ1v) is 43.3. The Morgan fingerprint density at radius 3 is 0.663 bits per heavy atom. The van der Waals surface area contributed by atoms with Crippen LogP contribution in [0.4, 0.5) is 0 Å². The number of fused-ring (bicyclic) bond motifs is 6. The van der Waals surface area contributed by atoms with Gasteiger partial charge in [0.05, 0.1) is 13.2 Å². The fraction of sp³-hybridized carbons (Fsp3) is 0.471. The van der Waals surface area contributed by atoms with Gasteiger partial charge in [-0.05, 0) is 250 Å². The first-order valence-electron chi connectivity index (χ1n) is 43.3. The van der Waals surface area contributed by atoms with Gasteiger partial charge < -0.3 is 9.47 Å². The van der Waals surface area contributed by atoms with E-state index >= 15 is 0 Å². The number of ether oxygens (including phenoxy) is 2. The normalized spacial score (nSPS) is 12.6. The summed E-state index contributed by atoms with van der Waals surface area (Å²) >= 11 is 0. The molecular weight excluding hydrogens is 1260 g/mol. The van der Waals surface area contributed by atoms with Crippen LogP contribution in [-0.4, -0.2) is 13.2 Å². The summed E-state index contributed by atoms with van der Waals surface area (Å²) in [5.41, 5.74) is 7.99. The molecule has 0 bridgehead atoms. The zero-order valence-corrected chi connectivity index (χ0v) is 64.6. The Morgan fingerprint density at radius 1 is 0.183 bits per heavy atom. The van der Waals surface area contributed by atoms with Crippen molar-refractivity contribution in [2.45, 2.75) is 297 Å². The molecule has 542 valence electrons. The lowest BCUT2D eigenvalue weighted by molar-refractivity contribution is 0.304. The van der Waals surface area contributed by atoms with Crippen molar-refractivity contribution in [3.63, 3.8) is 0 Å². The zero-order chi connectivity index (χ0) is 70.6. The number of unbranched alkanes of at least 4 members (excludes halogenated alkanes) is 36. The fourth-order valence-corrected chi connectivity index (χ4v) is 19.6. The van der Waals surface area contributed by atoms with Crippen molar-refractivity contribution in [3.8, 4) is 33.8 Å².